The molecule has 1 atom stereocenters. The molecule has 0 bridgehead atoms. The number of aryl methyl sites for hydroxylation is 1. The van der Waals surface area contributed by atoms with Gasteiger partial charge in [0.15, 0.2) is 0 Å². The number of hydrogen-bond donors (Lipinski definition) is 1. The van der Waals surface area contributed by atoms with E-state index in [4.69, 9.17) is 11.6 Å². The fraction of sp³-hybridized carbons (Fsp3) is 0.333. The van der Waals surface area contributed by atoms with E-state index in [1.807, 2.05) is 39.1 Å². The second-order valence-corrected chi connectivity index (χ2v) is 4.21. The first-order chi connectivity index (χ1) is 7.63. The maximum Gasteiger partial charge on any atom is 0.147 e. The zero-order valence-electron chi connectivity index (χ0n) is 9.58. The minimum Gasteiger partial charge on any atom is -0.311 e. The normalized spacial score (nSPS) is 13.0. The second kappa shape index (κ2) is 4.36. The lowest BCUT2D eigenvalue weighted by atomic mass is 10.1. The topological polar surface area (TPSA) is 37.8 Å². The number of benzene rings is 1. The van der Waals surface area contributed by atoms with E-state index in [-0.39, 0.29) is 6.04 Å². The Balaban J connectivity index is 2.70. The molecule has 0 radical (unpaired) electrons. The number of halogens is 1. The molecule has 0 saturated heterocycles. The molecule has 0 aliphatic rings. The van der Waals surface area contributed by atoms with E-state index in [1.165, 1.54) is 0 Å². The standard InChI is InChI=1S/C12H14ClN3/c1-7-5-4-6-9-10(7)15-12(8(2)14-3)16-11(9)13/h4-6,8,14H,1-3H3. The Bertz CT molecular complexity index is 525. The lowest BCUT2D eigenvalue weighted by molar-refractivity contribution is 0.613. The molecule has 0 saturated carbocycles. The van der Waals surface area contributed by atoms with Crippen LogP contribution in [-0.4, -0.2) is 17.0 Å². The molecule has 2 aromatic rings. The number of rotatable bonds is 2. The average Bonchev–Trinajstić information content (AvgIpc) is 2.29. The maximum atomic E-state index is 6.16. The van der Waals surface area contributed by atoms with Gasteiger partial charge in [0, 0.05) is 5.39 Å². The van der Waals surface area contributed by atoms with Crippen molar-refractivity contribution in [3.63, 3.8) is 0 Å². The summed E-state index contributed by atoms with van der Waals surface area (Å²) in [5.74, 6) is 0.731. The summed E-state index contributed by atoms with van der Waals surface area (Å²) in [4.78, 5) is 8.85. The molecule has 3 nitrogen and oxygen atoms in total. The van der Waals surface area contributed by atoms with Crippen LogP contribution in [0.3, 0.4) is 0 Å². The molecule has 1 heterocycles. The fourth-order valence-electron chi connectivity index (χ4n) is 1.60. The van der Waals surface area contributed by atoms with Crippen LogP contribution in [0.15, 0.2) is 18.2 Å². The Labute approximate surface area is 99.9 Å². The van der Waals surface area contributed by atoms with Gasteiger partial charge >= 0.3 is 0 Å². The third-order valence-electron chi connectivity index (χ3n) is 2.72. The summed E-state index contributed by atoms with van der Waals surface area (Å²) in [5, 5.41) is 4.54. The Kier molecular flexibility index (Phi) is 3.08. The molecule has 2 rings (SSSR count). The van der Waals surface area contributed by atoms with Gasteiger partial charge in [0.1, 0.15) is 11.0 Å². The quantitative estimate of drug-likeness (QED) is 0.814. The predicted octanol–water partition coefficient (Wildman–Crippen LogP) is 2.87. The largest absolute Gasteiger partial charge is 0.311 e. The highest BCUT2D eigenvalue weighted by Crippen LogP contribution is 2.24. The molecular weight excluding hydrogens is 222 g/mol. The predicted molar refractivity (Wildman–Crippen MR) is 66.8 cm³/mol. The van der Waals surface area contributed by atoms with Crippen LogP contribution in [0.4, 0.5) is 0 Å². The summed E-state index contributed by atoms with van der Waals surface area (Å²) in [7, 11) is 1.88. The van der Waals surface area contributed by atoms with Crippen molar-refractivity contribution in [3.8, 4) is 0 Å². The lowest BCUT2D eigenvalue weighted by Crippen LogP contribution is -2.15. The zero-order valence-corrected chi connectivity index (χ0v) is 10.3. The Hall–Kier alpha value is -1.19. The van der Waals surface area contributed by atoms with Gasteiger partial charge in [-0.05, 0) is 32.5 Å². The molecule has 0 aliphatic heterocycles. The molecule has 1 aromatic carbocycles. The summed E-state index contributed by atoms with van der Waals surface area (Å²) in [6, 6.07) is 6.04. The highest BCUT2D eigenvalue weighted by molar-refractivity contribution is 6.34. The smallest absolute Gasteiger partial charge is 0.147 e. The van der Waals surface area contributed by atoms with Gasteiger partial charge in [-0.25, -0.2) is 9.97 Å². The third-order valence-corrected chi connectivity index (χ3v) is 3.01. The minimum absolute atomic E-state index is 0.0986. The summed E-state index contributed by atoms with van der Waals surface area (Å²) < 4.78 is 0. The van der Waals surface area contributed by atoms with Crippen LogP contribution in [0.1, 0.15) is 24.4 Å². The molecule has 1 unspecified atom stereocenters. The summed E-state index contributed by atoms with van der Waals surface area (Å²) in [6.45, 7) is 4.04. The van der Waals surface area contributed by atoms with Crippen LogP contribution in [0.5, 0.6) is 0 Å². The molecule has 1 N–H and O–H groups in total. The molecule has 84 valence electrons. The number of para-hydroxylation sites is 1. The van der Waals surface area contributed by atoms with E-state index in [9.17, 15) is 0 Å². The molecule has 0 aliphatic carbocycles. The minimum atomic E-state index is 0.0986. The molecule has 4 heteroatoms. The van der Waals surface area contributed by atoms with Gasteiger partial charge in [0.05, 0.1) is 11.6 Å². The zero-order chi connectivity index (χ0) is 11.7. The number of hydrogen-bond acceptors (Lipinski definition) is 3. The molecule has 16 heavy (non-hydrogen) atoms. The first-order valence-corrected chi connectivity index (χ1v) is 5.61. The molecule has 0 amide bonds. The number of nitrogens with one attached hydrogen (secondary N) is 1. The SMILES string of the molecule is CNC(C)c1nc(Cl)c2cccc(C)c2n1. The van der Waals surface area contributed by atoms with Crippen molar-refractivity contribution >= 4 is 22.5 Å². The van der Waals surface area contributed by atoms with Crippen LogP contribution in [0.25, 0.3) is 10.9 Å². The second-order valence-electron chi connectivity index (χ2n) is 3.85. The highest BCUT2D eigenvalue weighted by atomic mass is 35.5. The van der Waals surface area contributed by atoms with Gasteiger partial charge in [0.2, 0.25) is 0 Å². The Morgan fingerprint density at radius 1 is 1.31 bits per heavy atom. The number of aromatic nitrogens is 2. The summed E-state index contributed by atoms with van der Waals surface area (Å²) >= 11 is 6.16. The number of fused-ring (bicyclic) bond motifs is 1. The first-order valence-electron chi connectivity index (χ1n) is 5.23. The third kappa shape index (κ3) is 1.88. The van der Waals surface area contributed by atoms with Crippen molar-refractivity contribution < 1.29 is 0 Å². The van der Waals surface area contributed by atoms with Gasteiger partial charge in [-0.3, -0.25) is 0 Å². The van der Waals surface area contributed by atoms with Crippen LogP contribution in [0, 0.1) is 6.92 Å². The van der Waals surface area contributed by atoms with E-state index in [2.05, 4.69) is 15.3 Å². The van der Waals surface area contributed by atoms with Crippen LogP contribution >= 0.6 is 11.6 Å². The van der Waals surface area contributed by atoms with Gasteiger partial charge in [0.25, 0.3) is 0 Å². The average molecular weight is 236 g/mol. The van der Waals surface area contributed by atoms with Crippen LogP contribution in [-0.2, 0) is 0 Å². The molecule has 1 aromatic heterocycles. The van der Waals surface area contributed by atoms with Crippen molar-refractivity contribution in [3.05, 3.63) is 34.7 Å². The van der Waals surface area contributed by atoms with Crippen molar-refractivity contribution in [1.29, 1.82) is 0 Å². The van der Waals surface area contributed by atoms with Crippen LogP contribution in [0.2, 0.25) is 5.15 Å². The molecule has 0 fully saturated rings. The highest BCUT2D eigenvalue weighted by Gasteiger charge is 2.11. The van der Waals surface area contributed by atoms with Crippen molar-refractivity contribution in [1.82, 2.24) is 15.3 Å². The van der Waals surface area contributed by atoms with E-state index in [1.54, 1.807) is 0 Å². The Morgan fingerprint density at radius 2 is 2.06 bits per heavy atom. The number of nitrogens with zero attached hydrogens (tertiary/aromatic N) is 2. The fourth-order valence-corrected chi connectivity index (χ4v) is 1.84. The first kappa shape index (κ1) is 11.3. The molecule has 0 spiro atoms. The van der Waals surface area contributed by atoms with Crippen molar-refractivity contribution in [2.75, 3.05) is 7.05 Å². The molecular formula is C12H14ClN3. The van der Waals surface area contributed by atoms with Gasteiger partial charge in [-0.2, -0.15) is 0 Å². The van der Waals surface area contributed by atoms with Crippen molar-refractivity contribution in [2.45, 2.75) is 19.9 Å². The summed E-state index contributed by atoms with van der Waals surface area (Å²) in [5.41, 5.74) is 2.05. The summed E-state index contributed by atoms with van der Waals surface area (Å²) in [6.07, 6.45) is 0. The van der Waals surface area contributed by atoms with E-state index >= 15 is 0 Å². The van der Waals surface area contributed by atoms with Gasteiger partial charge in [-0.15, -0.1) is 0 Å². The van der Waals surface area contributed by atoms with E-state index in [0.29, 0.717) is 5.15 Å². The Morgan fingerprint density at radius 3 is 2.75 bits per heavy atom. The maximum absolute atomic E-state index is 6.16. The van der Waals surface area contributed by atoms with E-state index < -0.39 is 0 Å². The van der Waals surface area contributed by atoms with Crippen molar-refractivity contribution in [2.24, 2.45) is 0 Å². The monoisotopic (exact) mass is 235 g/mol. The van der Waals surface area contributed by atoms with E-state index in [0.717, 1.165) is 22.3 Å². The van der Waals surface area contributed by atoms with Gasteiger partial charge in [-0.1, -0.05) is 23.7 Å². The van der Waals surface area contributed by atoms with Crippen LogP contribution < -0.4 is 5.32 Å². The van der Waals surface area contributed by atoms with Gasteiger partial charge < -0.3 is 5.32 Å². The lowest BCUT2D eigenvalue weighted by Gasteiger charge is -2.11.